The second-order valence-electron chi connectivity index (χ2n) is 4.81. The Morgan fingerprint density at radius 2 is 2.00 bits per heavy atom. The molecule has 0 spiro atoms. The molecule has 2 atom stereocenters. The van der Waals surface area contributed by atoms with Crippen LogP contribution in [0.5, 0.6) is 0 Å². The van der Waals surface area contributed by atoms with Gasteiger partial charge in [0.25, 0.3) is 0 Å². The Bertz CT molecular complexity index is 242. The molecular formula is C10H19N3O. The lowest BCUT2D eigenvalue weighted by atomic mass is 10.0. The molecular weight excluding hydrogens is 178 g/mol. The van der Waals surface area contributed by atoms with Gasteiger partial charge < -0.3 is 14.7 Å². The van der Waals surface area contributed by atoms with Gasteiger partial charge in [0.05, 0.1) is 0 Å². The third-order valence-corrected chi connectivity index (χ3v) is 3.22. The van der Waals surface area contributed by atoms with Gasteiger partial charge in [-0.15, -0.1) is 0 Å². The number of piperidine rings is 1. The van der Waals surface area contributed by atoms with Crippen molar-refractivity contribution in [2.24, 2.45) is 5.92 Å². The minimum Gasteiger partial charge on any atom is -0.331 e. The van der Waals surface area contributed by atoms with Gasteiger partial charge in [0.2, 0.25) is 0 Å². The van der Waals surface area contributed by atoms with Gasteiger partial charge in [-0.25, -0.2) is 4.79 Å². The van der Waals surface area contributed by atoms with Crippen LogP contribution in [0.3, 0.4) is 0 Å². The van der Waals surface area contributed by atoms with Crippen molar-refractivity contribution >= 4 is 6.03 Å². The van der Waals surface area contributed by atoms with Crippen LogP contribution in [-0.4, -0.2) is 67.5 Å². The Balaban J connectivity index is 2.06. The minimum absolute atomic E-state index is 0.174. The van der Waals surface area contributed by atoms with E-state index >= 15 is 0 Å². The summed E-state index contributed by atoms with van der Waals surface area (Å²) in [6.07, 6.45) is 1.20. The van der Waals surface area contributed by atoms with Gasteiger partial charge in [-0.1, -0.05) is 0 Å². The van der Waals surface area contributed by atoms with Gasteiger partial charge in [0.15, 0.2) is 0 Å². The summed E-state index contributed by atoms with van der Waals surface area (Å²) in [5.41, 5.74) is 0. The van der Waals surface area contributed by atoms with E-state index in [0.29, 0.717) is 12.0 Å². The number of rotatable bonds is 0. The first-order valence-corrected chi connectivity index (χ1v) is 5.24. The Kier molecular flexibility index (Phi) is 2.39. The van der Waals surface area contributed by atoms with Crippen LogP contribution in [0.15, 0.2) is 0 Å². The quantitative estimate of drug-likeness (QED) is 0.558. The second-order valence-corrected chi connectivity index (χ2v) is 4.81. The van der Waals surface area contributed by atoms with E-state index in [1.54, 1.807) is 4.90 Å². The lowest BCUT2D eigenvalue weighted by molar-refractivity contribution is 0.155. The van der Waals surface area contributed by atoms with Crippen LogP contribution in [0.25, 0.3) is 0 Å². The van der Waals surface area contributed by atoms with Crippen molar-refractivity contribution in [1.82, 2.24) is 14.7 Å². The lowest BCUT2D eigenvalue weighted by Crippen LogP contribution is -2.45. The molecule has 2 unspecified atom stereocenters. The van der Waals surface area contributed by atoms with Crippen molar-refractivity contribution in [3.05, 3.63) is 0 Å². The van der Waals surface area contributed by atoms with Crippen molar-refractivity contribution in [3.8, 4) is 0 Å². The van der Waals surface area contributed by atoms with Crippen molar-refractivity contribution in [1.29, 1.82) is 0 Å². The van der Waals surface area contributed by atoms with Gasteiger partial charge in [0, 0.05) is 39.8 Å². The van der Waals surface area contributed by atoms with E-state index in [-0.39, 0.29) is 6.03 Å². The number of likely N-dealkylation sites (N-methyl/N-ethyl adjacent to an activating group) is 1. The van der Waals surface area contributed by atoms with Crippen LogP contribution >= 0.6 is 0 Å². The molecule has 2 fully saturated rings. The molecule has 80 valence electrons. The summed E-state index contributed by atoms with van der Waals surface area (Å²) >= 11 is 0. The molecule has 2 saturated heterocycles. The Hall–Kier alpha value is -0.770. The molecule has 2 heterocycles. The predicted molar refractivity (Wildman–Crippen MR) is 55.2 cm³/mol. The zero-order valence-corrected chi connectivity index (χ0v) is 9.23. The Morgan fingerprint density at radius 1 is 1.29 bits per heavy atom. The first-order chi connectivity index (χ1) is 6.58. The highest BCUT2D eigenvalue weighted by Gasteiger charge is 2.40. The van der Waals surface area contributed by atoms with Crippen LogP contribution in [0.4, 0.5) is 4.79 Å². The maximum Gasteiger partial charge on any atom is 0.319 e. The van der Waals surface area contributed by atoms with Gasteiger partial charge in [0.1, 0.15) is 0 Å². The lowest BCUT2D eigenvalue weighted by Gasteiger charge is -2.31. The molecule has 0 aliphatic carbocycles. The number of urea groups is 1. The number of fused-ring (bicyclic) bond motifs is 2. The van der Waals surface area contributed by atoms with E-state index in [1.807, 2.05) is 19.0 Å². The first-order valence-electron chi connectivity index (χ1n) is 5.24. The molecule has 0 saturated carbocycles. The summed E-state index contributed by atoms with van der Waals surface area (Å²) in [6, 6.07) is 0.626. The third-order valence-electron chi connectivity index (χ3n) is 3.22. The topological polar surface area (TPSA) is 26.8 Å². The Morgan fingerprint density at radius 3 is 2.64 bits per heavy atom. The fourth-order valence-electron chi connectivity index (χ4n) is 2.69. The maximum absolute atomic E-state index is 11.8. The molecule has 14 heavy (non-hydrogen) atoms. The highest BCUT2D eigenvalue weighted by Crippen LogP contribution is 2.29. The van der Waals surface area contributed by atoms with Crippen LogP contribution in [0, 0.1) is 5.92 Å². The number of carbonyl (C=O) groups is 1. The van der Waals surface area contributed by atoms with Crippen LogP contribution in [0.2, 0.25) is 0 Å². The van der Waals surface area contributed by atoms with Gasteiger partial charge in [-0.3, -0.25) is 0 Å². The number of amides is 2. The number of carbonyl (C=O) groups excluding carboxylic acids is 1. The smallest absolute Gasteiger partial charge is 0.319 e. The summed E-state index contributed by atoms with van der Waals surface area (Å²) in [4.78, 5) is 17.9. The fraction of sp³-hybridized carbons (Fsp3) is 0.900. The first kappa shape index (κ1) is 9.77. The SMILES string of the molecule is CN1CC2CC(C1)N(C(=O)N(C)C)C2. The van der Waals surface area contributed by atoms with Crippen molar-refractivity contribution in [2.75, 3.05) is 40.8 Å². The van der Waals surface area contributed by atoms with Crippen LogP contribution in [0.1, 0.15) is 6.42 Å². The van der Waals surface area contributed by atoms with Gasteiger partial charge >= 0.3 is 6.03 Å². The summed E-state index contributed by atoms with van der Waals surface area (Å²) in [6.45, 7) is 3.13. The monoisotopic (exact) mass is 197 g/mol. The highest BCUT2D eigenvalue weighted by molar-refractivity contribution is 5.74. The van der Waals surface area contributed by atoms with Crippen LogP contribution < -0.4 is 0 Å². The van der Waals surface area contributed by atoms with E-state index in [0.717, 1.165) is 19.6 Å². The van der Waals surface area contributed by atoms with E-state index in [2.05, 4.69) is 11.9 Å². The van der Waals surface area contributed by atoms with Crippen molar-refractivity contribution in [3.63, 3.8) is 0 Å². The third kappa shape index (κ3) is 1.59. The average molecular weight is 197 g/mol. The zero-order valence-electron chi connectivity index (χ0n) is 9.23. The van der Waals surface area contributed by atoms with Gasteiger partial charge in [-0.05, 0) is 19.4 Å². The minimum atomic E-state index is 0.174. The summed E-state index contributed by atoms with van der Waals surface area (Å²) < 4.78 is 0. The number of hydrogen-bond donors (Lipinski definition) is 0. The molecule has 2 aliphatic rings. The molecule has 2 amide bonds. The molecule has 4 nitrogen and oxygen atoms in total. The van der Waals surface area contributed by atoms with Crippen molar-refractivity contribution in [2.45, 2.75) is 12.5 Å². The molecule has 0 aromatic heterocycles. The molecule has 0 aromatic rings. The molecule has 2 rings (SSSR count). The molecule has 0 N–H and O–H groups in total. The van der Waals surface area contributed by atoms with Crippen molar-refractivity contribution < 1.29 is 4.79 Å². The number of nitrogens with zero attached hydrogens (tertiary/aromatic N) is 3. The normalized spacial score (nSPS) is 32.1. The second kappa shape index (κ2) is 3.42. The van der Waals surface area contributed by atoms with Crippen LogP contribution in [-0.2, 0) is 0 Å². The molecule has 4 heteroatoms. The largest absolute Gasteiger partial charge is 0.331 e. The van der Waals surface area contributed by atoms with E-state index in [1.165, 1.54) is 6.42 Å². The standard InChI is InChI=1S/C10H19N3O/c1-11(2)10(14)13-6-8-4-9(13)7-12(3)5-8/h8-9H,4-7H2,1-3H3. The molecule has 0 aromatic carbocycles. The highest BCUT2D eigenvalue weighted by atomic mass is 16.2. The molecule has 2 bridgehead atoms. The summed E-state index contributed by atoms with van der Waals surface area (Å²) in [5, 5.41) is 0. The van der Waals surface area contributed by atoms with E-state index < -0.39 is 0 Å². The predicted octanol–water partition coefficient (Wildman–Crippen LogP) is 0.304. The zero-order chi connectivity index (χ0) is 10.3. The van der Waals surface area contributed by atoms with E-state index in [9.17, 15) is 4.79 Å². The summed E-state index contributed by atoms with van der Waals surface area (Å²) in [7, 11) is 5.80. The Labute approximate surface area is 85.5 Å². The van der Waals surface area contributed by atoms with E-state index in [4.69, 9.17) is 0 Å². The fourth-order valence-corrected chi connectivity index (χ4v) is 2.69. The number of hydrogen-bond acceptors (Lipinski definition) is 2. The number of likely N-dealkylation sites (tertiary alicyclic amines) is 2. The molecule has 2 aliphatic heterocycles. The summed E-state index contributed by atoms with van der Waals surface area (Å²) in [5.74, 6) is 0.697. The molecule has 0 radical (unpaired) electrons. The maximum atomic E-state index is 11.8. The van der Waals surface area contributed by atoms with Gasteiger partial charge in [-0.2, -0.15) is 0 Å². The average Bonchev–Trinajstić information content (AvgIpc) is 2.40.